The lowest BCUT2D eigenvalue weighted by Crippen LogP contribution is -2.48. The van der Waals surface area contributed by atoms with Gasteiger partial charge in [0.25, 0.3) is 0 Å². The summed E-state index contributed by atoms with van der Waals surface area (Å²) < 4.78 is 0. The summed E-state index contributed by atoms with van der Waals surface area (Å²) in [6.45, 7) is 3.74. The summed E-state index contributed by atoms with van der Waals surface area (Å²) in [5.74, 6) is 0.886. The number of hydrogen-bond acceptors (Lipinski definition) is 3. The van der Waals surface area contributed by atoms with Gasteiger partial charge in [0.05, 0.1) is 0 Å². The molecule has 1 heterocycles. The highest BCUT2D eigenvalue weighted by Gasteiger charge is 2.50. The zero-order chi connectivity index (χ0) is 11.6. The Morgan fingerprint density at radius 1 is 1.25 bits per heavy atom. The van der Waals surface area contributed by atoms with E-state index in [1.54, 1.807) is 0 Å². The van der Waals surface area contributed by atoms with Crippen LogP contribution in [0.3, 0.4) is 0 Å². The summed E-state index contributed by atoms with van der Waals surface area (Å²) in [6, 6.07) is 0.730. The average molecular weight is 225 g/mol. The quantitative estimate of drug-likeness (QED) is 0.728. The van der Waals surface area contributed by atoms with E-state index in [-0.39, 0.29) is 0 Å². The van der Waals surface area contributed by atoms with Gasteiger partial charge in [-0.2, -0.15) is 0 Å². The molecule has 0 amide bonds. The molecule has 1 atom stereocenters. The topological polar surface area (TPSA) is 27.3 Å². The zero-order valence-electron chi connectivity index (χ0n) is 11.1. The maximum absolute atomic E-state index is 3.62. The highest BCUT2D eigenvalue weighted by molar-refractivity contribution is 5.05. The molecule has 3 nitrogen and oxygen atoms in total. The van der Waals surface area contributed by atoms with Crippen molar-refractivity contribution in [2.24, 2.45) is 11.3 Å². The van der Waals surface area contributed by atoms with E-state index in [0.717, 1.165) is 12.0 Å². The van der Waals surface area contributed by atoms with Crippen molar-refractivity contribution in [2.75, 3.05) is 40.8 Å². The monoisotopic (exact) mass is 225 g/mol. The SMILES string of the molecule is CNCC1(C(NC)C2CCN(C)CC2)CC1. The molecule has 1 saturated carbocycles. The van der Waals surface area contributed by atoms with Gasteiger partial charge in [-0.05, 0) is 71.2 Å². The Morgan fingerprint density at radius 3 is 2.31 bits per heavy atom. The minimum atomic E-state index is 0.573. The first-order chi connectivity index (χ1) is 7.72. The molecule has 0 bridgehead atoms. The van der Waals surface area contributed by atoms with Crippen LogP contribution in [-0.2, 0) is 0 Å². The molecule has 3 heteroatoms. The van der Waals surface area contributed by atoms with Gasteiger partial charge in [0.2, 0.25) is 0 Å². The van der Waals surface area contributed by atoms with Gasteiger partial charge in [-0.3, -0.25) is 0 Å². The molecule has 94 valence electrons. The van der Waals surface area contributed by atoms with Gasteiger partial charge in [0.1, 0.15) is 0 Å². The molecule has 2 N–H and O–H groups in total. The molecule has 1 aliphatic carbocycles. The third kappa shape index (κ3) is 2.41. The van der Waals surface area contributed by atoms with Crippen LogP contribution in [0.4, 0.5) is 0 Å². The number of likely N-dealkylation sites (tertiary alicyclic amines) is 1. The molecule has 2 aliphatic rings. The standard InChI is InChI=1S/C13H27N3/c1-14-10-13(6-7-13)12(15-2)11-4-8-16(3)9-5-11/h11-12,14-15H,4-10H2,1-3H3. The highest BCUT2D eigenvalue weighted by Crippen LogP contribution is 2.51. The molecule has 1 saturated heterocycles. The van der Waals surface area contributed by atoms with Gasteiger partial charge < -0.3 is 15.5 Å². The average Bonchev–Trinajstić information content (AvgIpc) is 3.03. The van der Waals surface area contributed by atoms with Crippen molar-refractivity contribution in [1.29, 1.82) is 0 Å². The molecular weight excluding hydrogens is 198 g/mol. The van der Waals surface area contributed by atoms with Crippen molar-refractivity contribution < 1.29 is 0 Å². The van der Waals surface area contributed by atoms with Crippen molar-refractivity contribution in [3.05, 3.63) is 0 Å². The van der Waals surface area contributed by atoms with Gasteiger partial charge in [0.15, 0.2) is 0 Å². The van der Waals surface area contributed by atoms with Crippen LogP contribution in [0, 0.1) is 11.3 Å². The number of nitrogens with zero attached hydrogens (tertiary/aromatic N) is 1. The second-order valence-corrected chi connectivity index (χ2v) is 5.80. The van der Waals surface area contributed by atoms with E-state index >= 15 is 0 Å². The Hall–Kier alpha value is -0.120. The Labute approximate surface area is 100.0 Å². The second-order valence-electron chi connectivity index (χ2n) is 5.80. The Morgan fingerprint density at radius 2 is 1.88 bits per heavy atom. The third-order valence-electron chi connectivity index (χ3n) is 4.63. The summed E-state index contributed by atoms with van der Waals surface area (Å²) in [5.41, 5.74) is 0.573. The fourth-order valence-corrected chi connectivity index (χ4v) is 3.51. The number of hydrogen-bond donors (Lipinski definition) is 2. The minimum absolute atomic E-state index is 0.573. The molecule has 2 fully saturated rings. The van der Waals surface area contributed by atoms with Gasteiger partial charge in [0, 0.05) is 12.6 Å². The van der Waals surface area contributed by atoms with E-state index in [9.17, 15) is 0 Å². The van der Waals surface area contributed by atoms with Gasteiger partial charge >= 0.3 is 0 Å². The molecule has 1 unspecified atom stereocenters. The van der Waals surface area contributed by atoms with Crippen molar-refractivity contribution >= 4 is 0 Å². The van der Waals surface area contributed by atoms with Gasteiger partial charge in [-0.15, -0.1) is 0 Å². The minimum Gasteiger partial charge on any atom is -0.319 e. The summed E-state index contributed by atoms with van der Waals surface area (Å²) in [7, 11) is 6.48. The lowest BCUT2D eigenvalue weighted by atomic mass is 9.80. The largest absolute Gasteiger partial charge is 0.319 e. The first kappa shape index (κ1) is 12.3. The maximum Gasteiger partial charge on any atom is 0.0162 e. The van der Waals surface area contributed by atoms with E-state index < -0.39 is 0 Å². The summed E-state index contributed by atoms with van der Waals surface area (Å²) >= 11 is 0. The van der Waals surface area contributed by atoms with Crippen LogP contribution in [0.15, 0.2) is 0 Å². The van der Waals surface area contributed by atoms with Crippen molar-refractivity contribution in [1.82, 2.24) is 15.5 Å². The smallest absolute Gasteiger partial charge is 0.0162 e. The van der Waals surface area contributed by atoms with Gasteiger partial charge in [-0.1, -0.05) is 0 Å². The van der Waals surface area contributed by atoms with E-state index in [2.05, 4.69) is 36.7 Å². The second kappa shape index (κ2) is 5.03. The lowest BCUT2D eigenvalue weighted by molar-refractivity contribution is 0.149. The maximum atomic E-state index is 3.62. The molecule has 0 aromatic heterocycles. The third-order valence-corrected chi connectivity index (χ3v) is 4.63. The van der Waals surface area contributed by atoms with Crippen LogP contribution in [0.5, 0.6) is 0 Å². The molecule has 16 heavy (non-hydrogen) atoms. The van der Waals surface area contributed by atoms with E-state index in [1.807, 2.05) is 0 Å². The van der Waals surface area contributed by atoms with Crippen molar-refractivity contribution in [3.63, 3.8) is 0 Å². The summed E-state index contributed by atoms with van der Waals surface area (Å²) in [6.07, 6.45) is 5.55. The zero-order valence-corrected chi connectivity index (χ0v) is 11.1. The normalized spacial score (nSPS) is 27.9. The van der Waals surface area contributed by atoms with E-state index in [1.165, 1.54) is 45.3 Å². The number of nitrogens with one attached hydrogen (secondary N) is 2. The first-order valence-electron chi connectivity index (χ1n) is 6.72. The van der Waals surface area contributed by atoms with Crippen molar-refractivity contribution in [3.8, 4) is 0 Å². The van der Waals surface area contributed by atoms with Crippen LogP contribution in [0.2, 0.25) is 0 Å². The van der Waals surface area contributed by atoms with Crippen LogP contribution >= 0.6 is 0 Å². The van der Waals surface area contributed by atoms with Crippen LogP contribution in [0.25, 0.3) is 0 Å². The molecular formula is C13H27N3. The lowest BCUT2D eigenvalue weighted by Gasteiger charge is -2.38. The number of piperidine rings is 1. The van der Waals surface area contributed by atoms with Crippen molar-refractivity contribution in [2.45, 2.75) is 31.7 Å². The van der Waals surface area contributed by atoms with Gasteiger partial charge in [-0.25, -0.2) is 0 Å². The molecule has 1 aliphatic heterocycles. The molecule has 0 radical (unpaired) electrons. The molecule has 2 rings (SSSR count). The summed E-state index contributed by atoms with van der Waals surface area (Å²) in [4.78, 5) is 2.46. The molecule has 0 aromatic carbocycles. The summed E-state index contributed by atoms with van der Waals surface area (Å²) in [5, 5.41) is 7.00. The van der Waals surface area contributed by atoms with E-state index in [4.69, 9.17) is 0 Å². The Balaban J connectivity index is 1.94. The predicted molar refractivity (Wildman–Crippen MR) is 68.7 cm³/mol. The predicted octanol–water partition coefficient (Wildman–Crippen LogP) is 0.916. The first-order valence-corrected chi connectivity index (χ1v) is 6.72. The Kier molecular flexibility index (Phi) is 3.88. The molecule has 0 spiro atoms. The fourth-order valence-electron chi connectivity index (χ4n) is 3.51. The fraction of sp³-hybridized carbons (Fsp3) is 1.00. The highest BCUT2D eigenvalue weighted by atomic mass is 15.1. The number of rotatable bonds is 5. The van der Waals surface area contributed by atoms with E-state index in [0.29, 0.717) is 5.41 Å². The molecule has 0 aromatic rings. The van der Waals surface area contributed by atoms with Crippen LogP contribution in [0.1, 0.15) is 25.7 Å². The Bertz CT molecular complexity index is 217. The van der Waals surface area contributed by atoms with Crippen LogP contribution < -0.4 is 10.6 Å². The van der Waals surface area contributed by atoms with Crippen LogP contribution in [-0.4, -0.2) is 51.7 Å².